The monoisotopic (exact) mass is 562 g/mol. The van der Waals surface area contributed by atoms with E-state index in [0.29, 0.717) is 5.82 Å². The number of nitrogens with zero attached hydrogens (tertiary/aromatic N) is 4. The molecule has 0 amide bonds. The van der Waals surface area contributed by atoms with Gasteiger partial charge in [-0.05, 0) is 54.6 Å². The largest absolute Gasteiger partial charge is 0.309 e. The highest BCUT2D eigenvalue weighted by Gasteiger charge is 2.15. The van der Waals surface area contributed by atoms with Gasteiger partial charge in [0.15, 0.2) is 5.82 Å². The van der Waals surface area contributed by atoms with E-state index in [1.54, 1.807) is 0 Å². The molecule has 44 heavy (non-hydrogen) atoms. The minimum atomic E-state index is 0.701. The normalized spacial score (nSPS) is 11.6. The van der Waals surface area contributed by atoms with E-state index < -0.39 is 0 Å². The Morgan fingerprint density at radius 1 is 0.386 bits per heavy atom. The van der Waals surface area contributed by atoms with Crippen LogP contribution in [0.5, 0.6) is 0 Å². The molecule has 0 aliphatic carbocycles. The number of hydrogen-bond acceptors (Lipinski definition) is 2. The smallest absolute Gasteiger partial charge is 0.159 e. The quantitative estimate of drug-likeness (QED) is 0.214. The Bertz CT molecular complexity index is 2240. The Balaban J connectivity index is 1.15. The van der Waals surface area contributed by atoms with Gasteiger partial charge in [-0.25, -0.2) is 9.97 Å². The van der Waals surface area contributed by atoms with Gasteiger partial charge in [0.1, 0.15) is 0 Å². The van der Waals surface area contributed by atoms with Crippen molar-refractivity contribution in [1.82, 2.24) is 19.1 Å². The molecule has 4 nitrogen and oxygen atoms in total. The van der Waals surface area contributed by atoms with Crippen LogP contribution in [0, 0.1) is 0 Å². The summed E-state index contributed by atoms with van der Waals surface area (Å²) in [6.45, 7) is 0. The van der Waals surface area contributed by atoms with Gasteiger partial charge in [0.05, 0.1) is 27.8 Å². The predicted molar refractivity (Wildman–Crippen MR) is 182 cm³/mol. The van der Waals surface area contributed by atoms with Crippen molar-refractivity contribution in [2.45, 2.75) is 0 Å². The molecule has 0 fully saturated rings. The van der Waals surface area contributed by atoms with Crippen molar-refractivity contribution >= 4 is 43.6 Å². The first-order valence-electron chi connectivity index (χ1n) is 14.8. The fraction of sp³-hybridized carbons (Fsp3) is 0. The maximum absolute atomic E-state index is 5.08. The lowest BCUT2D eigenvalue weighted by Gasteiger charge is -2.11. The molecule has 9 aromatic rings. The zero-order chi connectivity index (χ0) is 29.0. The van der Waals surface area contributed by atoms with Crippen molar-refractivity contribution < 1.29 is 0 Å². The van der Waals surface area contributed by atoms with Gasteiger partial charge in [0, 0.05) is 50.2 Å². The number of hydrogen-bond donors (Lipinski definition) is 0. The van der Waals surface area contributed by atoms with Crippen LogP contribution >= 0.6 is 0 Å². The van der Waals surface area contributed by atoms with Gasteiger partial charge < -0.3 is 9.13 Å². The number of rotatable bonds is 4. The molecule has 9 rings (SSSR count). The minimum absolute atomic E-state index is 0.701. The molecule has 0 N–H and O–H groups in total. The fourth-order valence-corrected chi connectivity index (χ4v) is 6.65. The van der Waals surface area contributed by atoms with Crippen LogP contribution in [0.25, 0.3) is 77.6 Å². The topological polar surface area (TPSA) is 35.6 Å². The van der Waals surface area contributed by atoms with E-state index in [9.17, 15) is 0 Å². The summed E-state index contributed by atoms with van der Waals surface area (Å²) in [7, 11) is 0. The van der Waals surface area contributed by atoms with E-state index in [2.05, 4.69) is 155 Å². The average Bonchev–Trinajstić information content (AvgIpc) is 3.62. The molecule has 3 heterocycles. The lowest BCUT2D eigenvalue weighted by atomic mass is 10.1. The summed E-state index contributed by atoms with van der Waals surface area (Å²) in [6.07, 6.45) is 1.86. The third-order valence-electron chi connectivity index (χ3n) is 8.58. The summed E-state index contributed by atoms with van der Waals surface area (Å²) in [5.74, 6) is 0.701. The molecule has 0 atom stereocenters. The van der Waals surface area contributed by atoms with E-state index in [0.717, 1.165) is 28.2 Å². The number of para-hydroxylation sites is 4. The van der Waals surface area contributed by atoms with Gasteiger partial charge in [0.25, 0.3) is 0 Å². The summed E-state index contributed by atoms with van der Waals surface area (Å²) in [5.41, 5.74) is 9.85. The zero-order valence-corrected chi connectivity index (χ0v) is 23.8. The standard InChI is InChI=1S/C40H26N4/c1-5-19-36-31(15-1)32-16-2-6-20-37(32)43(36)29-13-9-11-27(25-29)35-23-24-41-40(42-35)28-12-10-14-30(26-28)44-38-21-7-3-17-33(38)34-18-4-8-22-39(34)44/h1-26H. The van der Waals surface area contributed by atoms with E-state index in [1.165, 1.54) is 43.6 Å². The first kappa shape index (κ1) is 24.6. The second kappa shape index (κ2) is 9.79. The molecule has 0 saturated heterocycles. The maximum Gasteiger partial charge on any atom is 0.159 e. The first-order valence-corrected chi connectivity index (χ1v) is 14.8. The third-order valence-corrected chi connectivity index (χ3v) is 8.58. The number of benzene rings is 6. The van der Waals surface area contributed by atoms with Crippen molar-refractivity contribution in [3.8, 4) is 34.0 Å². The van der Waals surface area contributed by atoms with Gasteiger partial charge in [0.2, 0.25) is 0 Å². The molecule has 206 valence electrons. The molecular formula is C40H26N4. The van der Waals surface area contributed by atoms with Gasteiger partial charge in [-0.1, -0.05) is 97.1 Å². The molecular weight excluding hydrogens is 536 g/mol. The van der Waals surface area contributed by atoms with Crippen molar-refractivity contribution in [3.05, 3.63) is 158 Å². The van der Waals surface area contributed by atoms with E-state index in [1.807, 2.05) is 12.3 Å². The molecule has 4 heteroatoms. The van der Waals surface area contributed by atoms with Crippen LogP contribution in [-0.4, -0.2) is 19.1 Å². The molecule has 3 aromatic heterocycles. The number of aromatic nitrogens is 4. The summed E-state index contributed by atoms with van der Waals surface area (Å²) < 4.78 is 4.67. The first-order chi connectivity index (χ1) is 21.8. The Morgan fingerprint density at radius 3 is 1.32 bits per heavy atom. The van der Waals surface area contributed by atoms with Crippen molar-refractivity contribution in [3.63, 3.8) is 0 Å². The van der Waals surface area contributed by atoms with E-state index in [-0.39, 0.29) is 0 Å². The van der Waals surface area contributed by atoms with Gasteiger partial charge in [-0.15, -0.1) is 0 Å². The number of fused-ring (bicyclic) bond motifs is 6. The molecule has 0 aliphatic heterocycles. The van der Waals surface area contributed by atoms with Crippen LogP contribution in [0.15, 0.2) is 158 Å². The highest BCUT2D eigenvalue weighted by atomic mass is 15.0. The Hall–Kier alpha value is -6.00. The van der Waals surface area contributed by atoms with Gasteiger partial charge >= 0.3 is 0 Å². The summed E-state index contributed by atoms with van der Waals surface area (Å²) in [5, 5.41) is 4.99. The Kier molecular flexibility index (Phi) is 5.47. The highest BCUT2D eigenvalue weighted by molar-refractivity contribution is 6.10. The Labute approximate surface area is 254 Å². The van der Waals surface area contributed by atoms with Crippen molar-refractivity contribution in [2.24, 2.45) is 0 Å². The van der Waals surface area contributed by atoms with Crippen LogP contribution in [0.2, 0.25) is 0 Å². The van der Waals surface area contributed by atoms with E-state index in [4.69, 9.17) is 9.97 Å². The second-order valence-corrected chi connectivity index (χ2v) is 11.1. The second-order valence-electron chi connectivity index (χ2n) is 11.1. The third kappa shape index (κ3) is 3.78. The van der Waals surface area contributed by atoms with E-state index >= 15 is 0 Å². The van der Waals surface area contributed by atoms with Crippen LogP contribution in [0.3, 0.4) is 0 Å². The fourth-order valence-electron chi connectivity index (χ4n) is 6.65. The van der Waals surface area contributed by atoms with Crippen LogP contribution in [-0.2, 0) is 0 Å². The molecule has 0 spiro atoms. The molecule has 0 bridgehead atoms. The van der Waals surface area contributed by atoms with Crippen molar-refractivity contribution in [1.29, 1.82) is 0 Å². The zero-order valence-electron chi connectivity index (χ0n) is 23.8. The average molecular weight is 563 g/mol. The summed E-state index contributed by atoms with van der Waals surface area (Å²) in [6, 6.07) is 53.5. The molecule has 0 aliphatic rings. The lowest BCUT2D eigenvalue weighted by molar-refractivity contribution is 1.15. The molecule has 0 unspecified atom stereocenters. The minimum Gasteiger partial charge on any atom is -0.309 e. The van der Waals surface area contributed by atoms with Gasteiger partial charge in [-0.2, -0.15) is 0 Å². The molecule has 6 aromatic carbocycles. The molecule has 0 saturated carbocycles. The summed E-state index contributed by atoms with van der Waals surface area (Å²) >= 11 is 0. The van der Waals surface area contributed by atoms with Crippen LogP contribution in [0.4, 0.5) is 0 Å². The maximum atomic E-state index is 5.08. The predicted octanol–water partition coefficient (Wildman–Crippen LogP) is 10.0. The lowest BCUT2D eigenvalue weighted by Crippen LogP contribution is -1.97. The SMILES string of the molecule is c1cc(-c2ccnc(-c3cccc(-n4c5ccccc5c5ccccc54)c3)n2)cc(-n2c3ccccc3c3ccccc32)c1. The highest BCUT2D eigenvalue weighted by Crippen LogP contribution is 2.35. The van der Waals surface area contributed by atoms with Gasteiger partial charge in [-0.3, -0.25) is 0 Å². The Morgan fingerprint density at radius 2 is 0.818 bits per heavy atom. The van der Waals surface area contributed by atoms with Crippen LogP contribution < -0.4 is 0 Å². The molecule has 0 radical (unpaired) electrons. The van der Waals surface area contributed by atoms with Crippen LogP contribution in [0.1, 0.15) is 0 Å². The summed E-state index contributed by atoms with van der Waals surface area (Å²) in [4.78, 5) is 9.79. The van der Waals surface area contributed by atoms with Crippen molar-refractivity contribution in [2.75, 3.05) is 0 Å².